The molecule has 2 aliphatic heterocycles. The number of amidine groups is 1. The van der Waals surface area contributed by atoms with Gasteiger partial charge in [0.15, 0.2) is 15.0 Å². The van der Waals surface area contributed by atoms with Gasteiger partial charge >= 0.3 is 0 Å². The summed E-state index contributed by atoms with van der Waals surface area (Å²) in [7, 11) is -1.39. The number of hydrogen-bond donors (Lipinski definition) is 0. The second-order valence-corrected chi connectivity index (χ2v) is 9.03. The average molecular weight is 352 g/mol. The zero-order valence-corrected chi connectivity index (χ0v) is 14.9. The fraction of sp³-hybridized carbons (Fsp3) is 0.438. The van der Waals surface area contributed by atoms with Crippen molar-refractivity contribution in [3.8, 4) is 5.75 Å². The number of fused-ring (bicyclic) bond motifs is 1. The Bertz CT molecular complexity index is 741. The maximum atomic E-state index is 12.0. The Balaban J connectivity index is 1.91. The number of thioether (sulfide) groups is 1. The Morgan fingerprint density at radius 1 is 1.39 bits per heavy atom. The molecule has 0 aliphatic carbocycles. The first-order chi connectivity index (χ1) is 10.9. The highest BCUT2D eigenvalue weighted by atomic mass is 32.2. The largest absolute Gasteiger partial charge is 0.497 e. The zero-order valence-electron chi connectivity index (χ0n) is 13.2. The lowest BCUT2D eigenvalue weighted by Crippen LogP contribution is -2.39. The predicted octanol–water partition coefficient (Wildman–Crippen LogP) is 2.35. The van der Waals surface area contributed by atoms with Crippen LogP contribution in [0.25, 0.3) is 0 Å². The van der Waals surface area contributed by atoms with Crippen molar-refractivity contribution in [2.75, 3.05) is 29.3 Å². The second kappa shape index (κ2) is 6.20. The van der Waals surface area contributed by atoms with E-state index in [-0.39, 0.29) is 23.6 Å². The monoisotopic (exact) mass is 352 g/mol. The third-order valence-electron chi connectivity index (χ3n) is 3.91. The predicted molar refractivity (Wildman–Crippen MR) is 96.4 cm³/mol. The van der Waals surface area contributed by atoms with Crippen LogP contribution < -0.4 is 9.64 Å². The topological polar surface area (TPSA) is 59.0 Å². The van der Waals surface area contributed by atoms with Gasteiger partial charge in [0, 0.05) is 11.4 Å². The van der Waals surface area contributed by atoms with E-state index in [1.807, 2.05) is 31.2 Å². The van der Waals surface area contributed by atoms with Crippen LogP contribution in [0.3, 0.4) is 0 Å². The smallest absolute Gasteiger partial charge is 0.164 e. The fourth-order valence-electron chi connectivity index (χ4n) is 2.87. The van der Waals surface area contributed by atoms with Crippen molar-refractivity contribution in [3.63, 3.8) is 0 Å². The van der Waals surface area contributed by atoms with Crippen LogP contribution in [0.5, 0.6) is 5.75 Å². The molecule has 7 heteroatoms. The highest BCUT2D eigenvalue weighted by Crippen LogP contribution is 2.35. The summed E-state index contributed by atoms with van der Waals surface area (Å²) in [6.07, 6.45) is 0. The van der Waals surface area contributed by atoms with Crippen molar-refractivity contribution in [2.45, 2.75) is 19.0 Å². The molecule has 1 aromatic carbocycles. The van der Waals surface area contributed by atoms with Crippen LogP contribution >= 0.6 is 11.8 Å². The summed E-state index contributed by atoms with van der Waals surface area (Å²) in [5.41, 5.74) is 2.01. The van der Waals surface area contributed by atoms with Gasteiger partial charge in [-0.3, -0.25) is 4.99 Å². The Morgan fingerprint density at radius 2 is 2.09 bits per heavy atom. The number of methoxy groups -OCH3 is 1. The molecule has 0 radical (unpaired) electrons. The van der Waals surface area contributed by atoms with Crippen LogP contribution in [0, 0.1) is 0 Å². The van der Waals surface area contributed by atoms with E-state index in [0.717, 1.165) is 27.9 Å². The number of rotatable bonds is 4. The first-order valence-electron chi connectivity index (χ1n) is 7.38. The van der Waals surface area contributed by atoms with Crippen molar-refractivity contribution in [1.82, 2.24) is 0 Å². The van der Waals surface area contributed by atoms with Gasteiger partial charge in [-0.25, -0.2) is 8.42 Å². The van der Waals surface area contributed by atoms with E-state index >= 15 is 0 Å². The van der Waals surface area contributed by atoms with Gasteiger partial charge in [0.1, 0.15) is 5.75 Å². The minimum atomic E-state index is -3.01. The molecular weight excluding hydrogens is 332 g/mol. The summed E-state index contributed by atoms with van der Waals surface area (Å²) in [6.45, 7) is 5.90. The summed E-state index contributed by atoms with van der Waals surface area (Å²) in [6, 6.07) is 7.38. The van der Waals surface area contributed by atoms with E-state index in [9.17, 15) is 8.42 Å². The van der Waals surface area contributed by atoms with E-state index in [4.69, 9.17) is 4.74 Å². The molecule has 2 heterocycles. The van der Waals surface area contributed by atoms with Gasteiger partial charge < -0.3 is 9.64 Å². The van der Waals surface area contributed by atoms with E-state index in [1.165, 1.54) is 0 Å². The van der Waals surface area contributed by atoms with E-state index in [0.29, 0.717) is 0 Å². The Hall–Kier alpha value is -1.47. The van der Waals surface area contributed by atoms with Crippen molar-refractivity contribution in [3.05, 3.63) is 36.4 Å². The van der Waals surface area contributed by atoms with Gasteiger partial charge in [0.05, 0.1) is 30.7 Å². The summed E-state index contributed by atoms with van der Waals surface area (Å²) in [5, 5.41) is 0.878. The maximum Gasteiger partial charge on any atom is 0.164 e. The van der Waals surface area contributed by atoms with Gasteiger partial charge in [-0.05, 0) is 31.2 Å². The van der Waals surface area contributed by atoms with Crippen LogP contribution in [0.2, 0.25) is 0 Å². The molecule has 0 N–H and O–H groups in total. The summed E-state index contributed by atoms with van der Waals surface area (Å²) in [4.78, 5) is 6.73. The molecule has 124 valence electrons. The van der Waals surface area contributed by atoms with E-state index in [2.05, 4.69) is 16.5 Å². The highest BCUT2D eigenvalue weighted by Gasteiger charge is 2.47. The number of benzene rings is 1. The molecule has 5 nitrogen and oxygen atoms in total. The Kier molecular flexibility index (Phi) is 4.42. The second-order valence-electron chi connectivity index (χ2n) is 5.94. The van der Waals surface area contributed by atoms with Gasteiger partial charge in [-0.2, -0.15) is 0 Å². The van der Waals surface area contributed by atoms with Crippen molar-refractivity contribution >= 4 is 32.5 Å². The molecule has 1 aromatic rings. The number of ether oxygens (including phenoxy) is 1. The molecule has 2 aliphatic rings. The fourth-order valence-corrected chi connectivity index (χ4v) is 5.68. The third kappa shape index (κ3) is 3.40. The first-order valence-corrected chi connectivity index (χ1v) is 10.2. The number of hydrogen-bond acceptors (Lipinski definition) is 6. The van der Waals surface area contributed by atoms with Crippen LogP contribution in [0.4, 0.5) is 5.69 Å². The first kappa shape index (κ1) is 16.4. The summed E-state index contributed by atoms with van der Waals surface area (Å²) in [5.74, 6) is 1.85. The van der Waals surface area contributed by atoms with E-state index in [1.54, 1.807) is 18.9 Å². The molecule has 2 atom stereocenters. The van der Waals surface area contributed by atoms with Crippen LogP contribution in [-0.2, 0) is 9.84 Å². The number of aliphatic imine (C=N–C) groups is 1. The van der Waals surface area contributed by atoms with Crippen molar-refractivity contribution in [1.29, 1.82) is 0 Å². The minimum absolute atomic E-state index is 0.110. The van der Waals surface area contributed by atoms with Gasteiger partial charge in [-0.15, -0.1) is 0 Å². The average Bonchev–Trinajstić information content (AvgIpc) is 2.96. The van der Waals surface area contributed by atoms with Crippen LogP contribution in [-0.4, -0.2) is 50.0 Å². The van der Waals surface area contributed by atoms with Gasteiger partial charge in [0.25, 0.3) is 0 Å². The van der Waals surface area contributed by atoms with Crippen LogP contribution in [0.15, 0.2) is 41.4 Å². The molecule has 0 amide bonds. The molecule has 2 unspecified atom stereocenters. The number of nitrogens with zero attached hydrogens (tertiary/aromatic N) is 2. The minimum Gasteiger partial charge on any atom is -0.497 e. The lowest BCUT2D eigenvalue weighted by molar-refractivity contribution is 0.415. The quantitative estimate of drug-likeness (QED) is 0.779. The zero-order chi connectivity index (χ0) is 16.6. The van der Waals surface area contributed by atoms with Gasteiger partial charge in [0.2, 0.25) is 0 Å². The summed E-state index contributed by atoms with van der Waals surface area (Å²) >= 11 is 1.61. The van der Waals surface area contributed by atoms with E-state index < -0.39 is 9.84 Å². The molecule has 1 fully saturated rings. The van der Waals surface area contributed by atoms with Crippen molar-refractivity contribution in [2.24, 2.45) is 4.99 Å². The standard InChI is InChI=1S/C16H20N2O3S2/c1-11(2)8-22-16-17-14-9-23(19,20)10-15(14)18(16)12-4-6-13(21-3)7-5-12/h4-7,14-15H,1,8-10H2,2-3H3. The molecule has 0 saturated carbocycles. The highest BCUT2D eigenvalue weighted by molar-refractivity contribution is 8.14. The van der Waals surface area contributed by atoms with Crippen molar-refractivity contribution < 1.29 is 13.2 Å². The molecule has 0 spiro atoms. The Morgan fingerprint density at radius 3 is 2.70 bits per heavy atom. The molecular formula is C16H20N2O3S2. The van der Waals surface area contributed by atoms with Crippen LogP contribution in [0.1, 0.15) is 6.92 Å². The molecule has 1 saturated heterocycles. The summed E-state index contributed by atoms with van der Waals surface area (Å²) < 4.78 is 29.1. The normalized spacial score (nSPS) is 25.1. The number of anilines is 1. The number of sulfone groups is 1. The lowest BCUT2D eigenvalue weighted by Gasteiger charge is -2.26. The third-order valence-corrected chi connectivity index (χ3v) is 6.80. The molecule has 0 aromatic heterocycles. The Labute approximate surface area is 141 Å². The SMILES string of the molecule is C=C(C)CSC1=NC2CS(=O)(=O)CC2N1c1ccc(OC)cc1. The molecule has 23 heavy (non-hydrogen) atoms. The lowest BCUT2D eigenvalue weighted by atomic mass is 10.1. The van der Waals surface area contributed by atoms with Gasteiger partial charge in [-0.1, -0.05) is 23.9 Å². The molecule has 0 bridgehead atoms. The molecule has 3 rings (SSSR count). The maximum absolute atomic E-state index is 12.0.